The van der Waals surface area contributed by atoms with E-state index >= 15 is 0 Å². The summed E-state index contributed by atoms with van der Waals surface area (Å²) in [4.78, 5) is 16.2. The van der Waals surface area contributed by atoms with E-state index in [1.807, 2.05) is 10.3 Å². The molecule has 24 heavy (non-hydrogen) atoms. The third-order valence-corrected chi connectivity index (χ3v) is 6.86. The highest BCUT2D eigenvalue weighted by Gasteiger charge is 2.37. The topological polar surface area (TPSA) is 66.5 Å². The summed E-state index contributed by atoms with van der Waals surface area (Å²) in [7, 11) is -3.26. The lowest BCUT2D eigenvalue weighted by molar-refractivity contribution is 0.0784. The monoisotopic (exact) mass is 370 g/mol. The second-order valence-electron chi connectivity index (χ2n) is 7.01. The molecule has 1 N–H and O–H groups in total. The minimum atomic E-state index is -3.26. The third-order valence-electron chi connectivity index (χ3n) is 5.04. The fourth-order valence-corrected chi connectivity index (χ4v) is 5.89. The molecule has 7 heteroatoms. The summed E-state index contributed by atoms with van der Waals surface area (Å²) < 4.78 is 26.0. The molecule has 0 spiro atoms. The molecule has 2 aliphatic rings. The van der Waals surface area contributed by atoms with Crippen molar-refractivity contribution < 1.29 is 13.2 Å². The largest absolute Gasteiger partial charge is 0.337 e. The van der Waals surface area contributed by atoms with Crippen molar-refractivity contribution in [2.24, 2.45) is 5.92 Å². The number of hydrogen-bond acceptors (Lipinski definition) is 4. The van der Waals surface area contributed by atoms with Gasteiger partial charge in [0.15, 0.2) is 0 Å². The molecule has 2 heterocycles. The first-order chi connectivity index (χ1) is 11.4. The third kappa shape index (κ3) is 3.83. The number of amides is 1. The van der Waals surface area contributed by atoms with Gasteiger partial charge >= 0.3 is 0 Å². The highest BCUT2D eigenvalue weighted by Crippen LogP contribution is 2.32. The predicted molar refractivity (Wildman–Crippen MR) is 97.0 cm³/mol. The first-order valence-corrected chi connectivity index (χ1v) is 11.5. The molecule has 1 fully saturated rings. The molecular weight excluding hydrogens is 344 g/mol. The van der Waals surface area contributed by atoms with Crippen LogP contribution in [-0.2, 0) is 22.9 Å². The first-order valence-electron chi connectivity index (χ1n) is 8.75. The van der Waals surface area contributed by atoms with Crippen LogP contribution in [0, 0.1) is 5.92 Å². The smallest absolute Gasteiger partial charge is 0.255 e. The Kier molecular flexibility index (Phi) is 5.32. The van der Waals surface area contributed by atoms with Crippen molar-refractivity contribution in [1.29, 1.82) is 0 Å². The summed E-state index contributed by atoms with van der Waals surface area (Å²) in [6.07, 6.45) is 7.56. The molecule has 1 saturated heterocycles. The minimum Gasteiger partial charge on any atom is -0.337 e. The molecule has 1 aromatic rings. The molecule has 1 aliphatic heterocycles. The quantitative estimate of drug-likeness (QED) is 0.866. The second-order valence-corrected chi connectivity index (χ2v) is 9.76. The van der Waals surface area contributed by atoms with Crippen LogP contribution in [0.15, 0.2) is 5.38 Å². The maximum absolute atomic E-state index is 13.0. The number of thiophene rings is 1. The van der Waals surface area contributed by atoms with E-state index < -0.39 is 10.0 Å². The summed E-state index contributed by atoms with van der Waals surface area (Å²) in [5.74, 6) is 0.274. The minimum absolute atomic E-state index is 0.0771. The number of nitrogens with one attached hydrogen (secondary N) is 1. The van der Waals surface area contributed by atoms with Gasteiger partial charge < -0.3 is 4.90 Å². The molecule has 0 aromatic carbocycles. The number of hydrogen-bond donors (Lipinski definition) is 1. The lowest BCUT2D eigenvalue weighted by Gasteiger charge is -2.18. The molecule has 0 bridgehead atoms. The number of likely N-dealkylation sites (tertiary alicyclic amines) is 1. The fraction of sp³-hybridized carbons (Fsp3) is 0.706. The molecule has 1 aliphatic carbocycles. The van der Waals surface area contributed by atoms with E-state index in [1.165, 1.54) is 23.1 Å². The summed E-state index contributed by atoms with van der Waals surface area (Å²) in [5, 5.41) is 2.00. The Labute approximate surface area is 148 Å². The van der Waals surface area contributed by atoms with Gasteiger partial charge in [-0.25, -0.2) is 13.1 Å². The molecule has 1 aromatic heterocycles. The van der Waals surface area contributed by atoms with E-state index in [-0.39, 0.29) is 17.9 Å². The average Bonchev–Trinajstić information content (AvgIpc) is 3.10. The molecular formula is C17H26N2O3S2. The maximum atomic E-state index is 13.0. The Bertz CT molecular complexity index is 711. The number of carbonyl (C=O) groups excluding carboxylic acids is 1. The van der Waals surface area contributed by atoms with Crippen molar-refractivity contribution >= 4 is 27.3 Å². The first kappa shape index (κ1) is 17.9. The van der Waals surface area contributed by atoms with Crippen LogP contribution in [0.25, 0.3) is 0 Å². The Morgan fingerprint density at radius 3 is 2.79 bits per heavy atom. The summed E-state index contributed by atoms with van der Waals surface area (Å²) in [6.45, 7) is 3.21. The van der Waals surface area contributed by atoms with Crippen molar-refractivity contribution in [2.75, 3.05) is 19.3 Å². The van der Waals surface area contributed by atoms with Crippen LogP contribution in [0.1, 0.15) is 53.4 Å². The number of carbonyl (C=O) groups is 1. The lowest BCUT2D eigenvalue weighted by Crippen LogP contribution is -2.40. The molecule has 2 atom stereocenters. The lowest BCUT2D eigenvalue weighted by atomic mass is 9.95. The van der Waals surface area contributed by atoms with Crippen LogP contribution in [0.4, 0.5) is 0 Å². The van der Waals surface area contributed by atoms with E-state index in [0.717, 1.165) is 37.7 Å². The SMILES string of the molecule is CCC[C@@H]1CN(C(=O)c2csc3c2CCCC3)C[C@H]1NS(C)(=O)=O. The predicted octanol–water partition coefficient (Wildman–Crippen LogP) is 2.42. The molecule has 0 unspecified atom stereocenters. The Balaban J connectivity index is 1.77. The van der Waals surface area contributed by atoms with Crippen LogP contribution in [-0.4, -0.2) is 44.6 Å². The Hall–Kier alpha value is -0.920. The van der Waals surface area contributed by atoms with Gasteiger partial charge in [-0.05, 0) is 43.6 Å². The highest BCUT2D eigenvalue weighted by atomic mass is 32.2. The maximum Gasteiger partial charge on any atom is 0.255 e. The van der Waals surface area contributed by atoms with Gasteiger partial charge in [0.1, 0.15) is 0 Å². The van der Waals surface area contributed by atoms with Crippen LogP contribution in [0.3, 0.4) is 0 Å². The molecule has 1 amide bonds. The number of rotatable bonds is 5. The van der Waals surface area contributed by atoms with Crippen LogP contribution in [0.2, 0.25) is 0 Å². The zero-order chi connectivity index (χ0) is 17.3. The number of aryl methyl sites for hydroxylation is 1. The van der Waals surface area contributed by atoms with Crippen LogP contribution in [0.5, 0.6) is 0 Å². The van der Waals surface area contributed by atoms with E-state index in [0.29, 0.717) is 13.1 Å². The molecule has 134 valence electrons. The molecule has 0 saturated carbocycles. The van der Waals surface area contributed by atoms with E-state index in [1.54, 1.807) is 11.3 Å². The number of nitrogens with zero attached hydrogens (tertiary/aromatic N) is 1. The zero-order valence-electron chi connectivity index (χ0n) is 14.4. The highest BCUT2D eigenvalue weighted by molar-refractivity contribution is 7.88. The normalized spacial score (nSPS) is 24.2. The van der Waals surface area contributed by atoms with E-state index in [9.17, 15) is 13.2 Å². The van der Waals surface area contributed by atoms with Gasteiger partial charge in [-0.15, -0.1) is 11.3 Å². The standard InChI is InChI=1S/C17H26N2O3S2/c1-3-6-12-9-19(10-15(12)18-24(2,21)22)17(20)14-11-23-16-8-5-4-7-13(14)16/h11-12,15,18H,3-10H2,1-2H3/t12-,15-/m1/s1. The zero-order valence-corrected chi connectivity index (χ0v) is 16.0. The Morgan fingerprint density at radius 1 is 1.33 bits per heavy atom. The van der Waals surface area contributed by atoms with Gasteiger partial charge in [0.25, 0.3) is 5.91 Å². The molecule has 3 rings (SSSR count). The van der Waals surface area contributed by atoms with E-state index in [2.05, 4.69) is 11.6 Å². The van der Waals surface area contributed by atoms with Gasteiger partial charge in [-0.1, -0.05) is 13.3 Å². The van der Waals surface area contributed by atoms with Crippen molar-refractivity contribution in [3.05, 3.63) is 21.4 Å². The van der Waals surface area contributed by atoms with Gasteiger partial charge in [0.2, 0.25) is 10.0 Å². The average molecular weight is 371 g/mol. The second kappa shape index (κ2) is 7.14. The van der Waals surface area contributed by atoms with Crippen molar-refractivity contribution in [2.45, 2.75) is 51.5 Å². The van der Waals surface area contributed by atoms with Gasteiger partial charge in [0, 0.05) is 29.4 Å². The van der Waals surface area contributed by atoms with Crippen molar-refractivity contribution in [3.63, 3.8) is 0 Å². The fourth-order valence-electron chi connectivity index (χ4n) is 3.95. The van der Waals surface area contributed by atoms with Gasteiger partial charge in [-0.3, -0.25) is 4.79 Å². The van der Waals surface area contributed by atoms with Crippen molar-refractivity contribution in [3.8, 4) is 0 Å². The summed E-state index contributed by atoms with van der Waals surface area (Å²) in [5.41, 5.74) is 2.09. The van der Waals surface area contributed by atoms with Crippen LogP contribution >= 0.6 is 11.3 Å². The van der Waals surface area contributed by atoms with Gasteiger partial charge in [-0.2, -0.15) is 0 Å². The summed E-state index contributed by atoms with van der Waals surface area (Å²) in [6, 6.07) is -0.168. The number of fused-ring (bicyclic) bond motifs is 1. The van der Waals surface area contributed by atoms with Crippen molar-refractivity contribution in [1.82, 2.24) is 9.62 Å². The molecule has 5 nitrogen and oxygen atoms in total. The Morgan fingerprint density at radius 2 is 2.08 bits per heavy atom. The van der Waals surface area contributed by atoms with Crippen LogP contribution < -0.4 is 4.72 Å². The number of sulfonamides is 1. The van der Waals surface area contributed by atoms with E-state index in [4.69, 9.17) is 0 Å². The van der Waals surface area contributed by atoms with Gasteiger partial charge in [0.05, 0.1) is 11.8 Å². The summed E-state index contributed by atoms with van der Waals surface area (Å²) >= 11 is 1.70. The molecule has 0 radical (unpaired) electrons.